The summed E-state index contributed by atoms with van der Waals surface area (Å²) in [5, 5.41) is 6.34. The Morgan fingerprint density at radius 2 is 2.00 bits per heavy atom. The number of piperazine rings is 1. The van der Waals surface area contributed by atoms with Gasteiger partial charge in [0.2, 0.25) is 11.8 Å². The lowest BCUT2D eigenvalue weighted by molar-refractivity contribution is -0.140. The normalized spacial score (nSPS) is 24.1. The molecule has 102 valence electrons. The molecule has 0 radical (unpaired) electrons. The van der Waals surface area contributed by atoms with Crippen LogP contribution in [0, 0.1) is 0 Å². The number of carbonyl (C=O) groups is 2. The molecular weight excluding hydrogens is 232 g/mol. The summed E-state index contributed by atoms with van der Waals surface area (Å²) in [5.74, 6) is 0.0573. The van der Waals surface area contributed by atoms with Gasteiger partial charge in [-0.2, -0.15) is 0 Å². The number of nitrogens with zero attached hydrogens (tertiary/aromatic N) is 2. The molecule has 2 aliphatic rings. The smallest absolute Gasteiger partial charge is 0.242 e. The average Bonchev–Trinajstić information content (AvgIpc) is 2.92. The molecular formula is C12H22N4O2. The topological polar surface area (TPSA) is 64.7 Å². The number of hydrogen-bond donors (Lipinski definition) is 2. The van der Waals surface area contributed by atoms with Crippen LogP contribution in [0.5, 0.6) is 0 Å². The molecule has 0 saturated carbocycles. The highest BCUT2D eigenvalue weighted by Gasteiger charge is 2.26. The van der Waals surface area contributed by atoms with Crippen molar-refractivity contribution in [3.05, 3.63) is 0 Å². The maximum Gasteiger partial charge on any atom is 0.242 e. The minimum absolute atomic E-state index is 0.00486. The second-order valence-electron chi connectivity index (χ2n) is 4.99. The lowest BCUT2D eigenvalue weighted by Gasteiger charge is -2.28. The van der Waals surface area contributed by atoms with Gasteiger partial charge in [0.15, 0.2) is 0 Å². The molecule has 0 aromatic carbocycles. The van der Waals surface area contributed by atoms with Gasteiger partial charge >= 0.3 is 0 Å². The zero-order valence-electron chi connectivity index (χ0n) is 10.9. The molecule has 2 aliphatic heterocycles. The summed E-state index contributed by atoms with van der Waals surface area (Å²) in [5.41, 5.74) is 0. The zero-order valence-corrected chi connectivity index (χ0v) is 10.9. The van der Waals surface area contributed by atoms with E-state index in [-0.39, 0.29) is 24.4 Å². The number of likely N-dealkylation sites (N-methyl/N-ethyl adjacent to an activating group) is 1. The van der Waals surface area contributed by atoms with Crippen LogP contribution in [0.15, 0.2) is 0 Å². The summed E-state index contributed by atoms with van der Waals surface area (Å²) >= 11 is 0. The Kier molecular flexibility index (Phi) is 4.54. The highest BCUT2D eigenvalue weighted by atomic mass is 16.2. The van der Waals surface area contributed by atoms with E-state index in [1.807, 2.05) is 4.90 Å². The third-order valence-electron chi connectivity index (χ3n) is 3.55. The second-order valence-corrected chi connectivity index (χ2v) is 4.99. The van der Waals surface area contributed by atoms with Crippen molar-refractivity contribution in [3.8, 4) is 0 Å². The van der Waals surface area contributed by atoms with Crippen molar-refractivity contribution in [3.63, 3.8) is 0 Å². The predicted octanol–water partition coefficient (Wildman–Crippen LogP) is -1.37. The van der Waals surface area contributed by atoms with Gasteiger partial charge in [-0.25, -0.2) is 0 Å². The maximum atomic E-state index is 12.1. The van der Waals surface area contributed by atoms with E-state index in [0.717, 1.165) is 39.0 Å². The van der Waals surface area contributed by atoms with Crippen LogP contribution in [-0.4, -0.2) is 74.0 Å². The van der Waals surface area contributed by atoms with E-state index in [1.54, 1.807) is 7.05 Å². The largest absolute Gasteiger partial charge is 0.341 e. The molecule has 2 saturated heterocycles. The lowest BCUT2D eigenvalue weighted by atomic mass is 10.2. The molecule has 0 bridgehead atoms. The second kappa shape index (κ2) is 6.15. The fourth-order valence-corrected chi connectivity index (χ4v) is 2.44. The summed E-state index contributed by atoms with van der Waals surface area (Å²) in [6.07, 6.45) is 2.16. The Balaban J connectivity index is 1.80. The summed E-state index contributed by atoms with van der Waals surface area (Å²) in [6, 6.07) is -0.199. The van der Waals surface area contributed by atoms with E-state index >= 15 is 0 Å². The molecule has 2 N–H and O–H groups in total. The number of amides is 2. The maximum absolute atomic E-state index is 12.1. The van der Waals surface area contributed by atoms with Gasteiger partial charge in [0.05, 0.1) is 12.6 Å². The molecule has 6 heteroatoms. The Hall–Kier alpha value is -1.14. The molecule has 6 nitrogen and oxygen atoms in total. The van der Waals surface area contributed by atoms with Gasteiger partial charge in [0.25, 0.3) is 0 Å². The molecule has 1 atom stereocenters. The van der Waals surface area contributed by atoms with E-state index in [4.69, 9.17) is 0 Å². The Morgan fingerprint density at radius 1 is 1.28 bits per heavy atom. The minimum atomic E-state index is -0.199. The molecule has 0 aromatic heterocycles. The molecule has 1 unspecified atom stereocenters. The Bertz CT molecular complexity index is 309. The van der Waals surface area contributed by atoms with E-state index in [2.05, 4.69) is 10.6 Å². The third-order valence-corrected chi connectivity index (χ3v) is 3.55. The van der Waals surface area contributed by atoms with Crippen LogP contribution < -0.4 is 10.6 Å². The third kappa shape index (κ3) is 3.20. The first-order valence-electron chi connectivity index (χ1n) is 6.65. The van der Waals surface area contributed by atoms with Crippen molar-refractivity contribution in [2.75, 3.05) is 46.3 Å². The standard InChI is InChI=1S/C12H22N4O2/c1-15(9-11(17)16-6-2-3-7-16)12(18)10-8-13-4-5-14-10/h10,13-14H,2-9H2,1H3. The molecule has 2 rings (SSSR count). The number of nitrogens with one attached hydrogen (secondary N) is 2. The van der Waals surface area contributed by atoms with Crippen molar-refractivity contribution < 1.29 is 9.59 Å². The number of hydrogen-bond acceptors (Lipinski definition) is 4. The van der Waals surface area contributed by atoms with Crippen LogP contribution >= 0.6 is 0 Å². The highest BCUT2D eigenvalue weighted by Crippen LogP contribution is 2.08. The van der Waals surface area contributed by atoms with Crippen LogP contribution in [0.2, 0.25) is 0 Å². The average molecular weight is 254 g/mol. The van der Waals surface area contributed by atoms with Gasteiger partial charge in [0, 0.05) is 39.8 Å². The van der Waals surface area contributed by atoms with Gasteiger partial charge in [-0.05, 0) is 12.8 Å². The summed E-state index contributed by atoms with van der Waals surface area (Å²) in [6.45, 7) is 4.19. The number of carbonyl (C=O) groups excluding carboxylic acids is 2. The van der Waals surface area contributed by atoms with Crippen molar-refractivity contribution in [2.45, 2.75) is 18.9 Å². The molecule has 2 amide bonds. The van der Waals surface area contributed by atoms with E-state index in [1.165, 1.54) is 4.90 Å². The minimum Gasteiger partial charge on any atom is -0.341 e. The quantitative estimate of drug-likeness (QED) is 0.652. The van der Waals surface area contributed by atoms with Gasteiger partial charge in [0.1, 0.15) is 0 Å². The van der Waals surface area contributed by atoms with Crippen LogP contribution in [0.4, 0.5) is 0 Å². The van der Waals surface area contributed by atoms with Crippen molar-refractivity contribution in [1.82, 2.24) is 20.4 Å². The highest BCUT2D eigenvalue weighted by molar-refractivity contribution is 5.87. The van der Waals surface area contributed by atoms with Crippen molar-refractivity contribution in [1.29, 1.82) is 0 Å². The zero-order chi connectivity index (χ0) is 13.0. The molecule has 18 heavy (non-hydrogen) atoms. The molecule has 2 fully saturated rings. The van der Waals surface area contributed by atoms with Gasteiger partial charge in [-0.15, -0.1) is 0 Å². The first-order valence-corrected chi connectivity index (χ1v) is 6.65. The van der Waals surface area contributed by atoms with E-state index < -0.39 is 0 Å². The molecule has 0 aromatic rings. The Morgan fingerprint density at radius 3 is 2.61 bits per heavy atom. The van der Waals surface area contributed by atoms with Gasteiger partial charge in [-0.1, -0.05) is 0 Å². The fraction of sp³-hybridized carbons (Fsp3) is 0.833. The molecule has 0 spiro atoms. The number of likely N-dealkylation sites (tertiary alicyclic amines) is 1. The van der Waals surface area contributed by atoms with Crippen LogP contribution in [0.1, 0.15) is 12.8 Å². The summed E-state index contributed by atoms with van der Waals surface area (Å²) in [4.78, 5) is 27.4. The van der Waals surface area contributed by atoms with E-state index in [0.29, 0.717) is 6.54 Å². The Labute approximate surface area is 108 Å². The van der Waals surface area contributed by atoms with Crippen LogP contribution in [0.3, 0.4) is 0 Å². The monoisotopic (exact) mass is 254 g/mol. The van der Waals surface area contributed by atoms with Gasteiger partial charge in [-0.3, -0.25) is 9.59 Å². The van der Waals surface area contributed by atoms with Gasteiger partial charge < -0.3 is 20.4 Å². The molecule has 0 aliphatic carbocycles. The predicted molar refractivity (Wildman–Crippen MR) is 68.1 cm³/mol. The number of rotatable bonds is 3. The van der Waals surface area contributed by atoms with Crippen LogP contribution in [-0.2, 0) is 9.59 Å². The van der Waals surface area contributed by atoms with E-state index in [9.17, 15) is 9.59 Å². The first-order chi connectivity index (χ1) is 8.68. The van der Waals surface area contributed by atoms with Crippen molar-refractivity contribution in [2.24, 2.45) is 0 Å². The summed E-state index contributed by atoms with van der Waals surface area (Å²) in [7, 11) is 1.70. The SMILES string of the molecule is CN(CC(=O)N1CCCC1)C(=O)C1CNCCN1. The lowest BCUT2D eigenvalue weighted by Crippen LogP contribution is -2.56. The first kappa shape index (κ1) is 13.3. The van der Waals surface area contributed by atoms with Crippen LogP contribution in [0.25, 0.3) is 0 Å². The summed E-state index contributed by atoms with van der Waals surface area (Å²) < 4.78 is 0. The fourth-order valence-electron chi connectivity index (χ4n) is 2.44. The molecule has 2 heterocycles. The van der Waals surface area contributed by atoms with Crippen molar-refractivity contribution >= 4 is 11.8 Å².